The summed E-state index contributed by atoms with van der Waals surface area (Å²) in [5, 5.41) is 20.7. The summed E-state index contributed by atoms with van der Waals surface area (Å²) < 4.78 is 32.7. The van der Waals surface area contributed by atoms with E-state index in [4.69, 9.17) is 24.3 Å². The second kappa shape index (κ2) is 35.3. The molecule has 0 heterocycles. The fourth-order valence-electron chi connectivity index (χ4n) is 6.64. The fourth-order valence-corrected chi connectivity index (χ4v) is 7.41. The van der Waals surface area contributed by atoms with Crippen molar-refractivity contribution in [3.63, 3.8) is 0 Å². The number of ketones is 1. The van der Waals surface area contributed by atoms with Crippen LogP contribution in [0.1, 0.15) is 162 Å². The summed E-state index contributed by atoms with van der Waals surface area (Å²) in [6.45, 7) is 3.27. The van der Waals surface area contributed by atoms with E-state index in [0.29, 0.717) is 32.1 Å². The lowest BCUT2D eigenvalue weighted by Crippen LogP contribution is -2.29. The highest BCUT2D eigenvalue weighted by molar-refractivity contribution is 7.47. The third-order valence-corrected chi connectivity index (χ3v) is 11.0. The molecule has 0 amide bonds. The summed E-state index contributed by atoms with van der Waals surface area (Å²) in [4.78, 5) is 47.6. The van der Waals surface area contributed by atoms with Gasteiger partial charge in [-0.05, 0) is 64.2 Å². The zero-order valence-electron chi connectivity index (χ0n) is 35.7. The molecule has 0 aromatic carbocycles. The number of phosphoric ester groups is 1. The Kier molecular flexibility index (Phi) is 32.6. The van der Waals surface area contributed by atoms with E-state index in [1.54, 1.807) is 12.2 Å². The van der Waals surface area contributed by atoms with Gasteiger partial charge in [0.05, 0.1) is 25.4 Å². The molecule has 1 unspecified atom stereocenters. The molecule has 13 heteroatoms. The van der Waals surface area contributed by atoms with E-state index < -0.39 is 44.7 Å². The number of esters is 2. The molecule has 12 nitrogen and oxygen atoms in total. The first kappa shape index (κ1) is 53.6. The minimum Gasteiger partial charge on any atom is -0.462 e. The Morgan fingerprint density at radius 3 is 2.09 bits per heavy atom. The topological polar surface area (TPSA) is 192 Å². The highest BCUT2D eigenvalue weighted by Gasteiger charge is 2.39. The van der Waals surface area contributed by atoms with Crippen LogP contribution >= 0.6 is 7.82 Å². The van der Waals surface area contributed by atoms with Crippen molar-refractivity contribution in [1.29, 1.82) is 0 Å². The largest absolute Gasteiger partial charge is 0.472 e. The molecule has 0 aromatic heterocycles. The number of carbonyl (C=O) groups is 3. The first-order valence-corrected chi connectivity index (χ1v) is 23.7. The Morgan fingerprint density at radius 2 is 1.40 bits per heavy atom. The molecule has 1 aliphatic rings. The number of carbonyl (C=O) groups excluding carboxylic acids is 3. The fraction of sp³-hybridized carbons (Fsp3) is 0.756. The van der Waals surface area contributed by atoms with Crippen molar-refractivity contribution < 1.29 is 52.6 Å². The Balaban J connectivity index is 2.40. The molecule has 6 atom stereocenters. The highest BCUT2D eigenvalue weighted by atomic mass is 31.2. The van der Waals surface area contributed by atoms with Gasteiger partial charge in [-0.3, -0.25) is 23.4 Å². The van der Waals surface area contributed by atoms with Gasteiger partial charge in [0.25, 0.3) is 0 Å². The number of ether oxygens (including phenoxy) is 2. The monoisotopic (exact) mass is 840 g/mol. The molecule has 58 heavy (non-hydrogen) atoms. The Bertz CT molecular complexity index is 1250. The number of nitrogens with two attached hydrogens (primary N) is 1. The van der Waals surface area contributed by atoms with Gasteiger partial charge in [0.15, 0.2) is 6.10 Å². The molecule has 1 fully saturated rings. The lowest BCUT2D eigenvalue weighted by Gasteiger charge is -2.19. The zero-order valence-corrected chi connectivity index (χ0v) is 36.6. The average Bonchev–Trinajstić information content (AvgIpc) is 3.47. The molecule has 1 rings (SSSR count). The van der Waals surface area contributed by atoms with E-state index in [1.807, 2.05) is 12.2 Å². The maximum atomic E-state index is 12.7. The highest BCUT2D eigenvalue weighted by Crippen LogP contribution is 2.43. The van der Waals surface area contributed by atoms with Gasteiger partial charge in [0, 0.05) is 37.6 Å². The molecule has 0 spiro atoms. The van der Waals surface area contributed by atoms with Gasteiger partial charge in [0.1, 0.15) is 12.4 Å². The van der Waals surface area contributed by atoms with Gasteiger partial charge in [-0.2, -0.15) is 0 Å². The number of rotatable bonds is 37. The second-order valence-electron chi connectivity index (χ2n) is 15.3. The summed E-state index contributed by atoms with van der Waals surface area (Å²) in [6.07, 6.45) is 33.6. The van der Waals surface area contributed by atoms with E-state index in [-0.39, 0.29) is 56.6 Å². The van der Waals surface area contributed by atoms with Crippen LogP contribution in [0.3, 0.4) is 0 Å². The molecule has 0 saturated heterocycles. The van der Waals surface area contributed by atoms with Crippen molar-refractivity contribution >= 4 is 25.5 Å². The molecule has 0 aliphatic heterocycles. The van der Waals surface area contributed by atoms with Crippen LogP contribution in [0.15, 0.2) is 48.6 Å². The van der Waals surface area contributed by atoms with Gasteiger partial charge in [0.2, 0.25) is 0 Å². The molecule has 1 aliphatic carbocycles. The van der Waals surface area contributed by atoms with Crippen molar-refractivity contribution in [1.82, 2.24) is 0 Å². The Labute approximate surface area is 349 Å². The summed E-state index contributed by atoms with van der Waals surface area (Å²) in [5.74, 6) is -1.78. The van der Waals surface area contributed by atoms with Crippen LogP contribution in [0.5, 0.6) is 0 Å². The lowest BCUT2D eigenvalue weighted by atomic mass is 9.90. The van der Waals surface area contributed by atoms with Crippen molar-refractivity contribution in [2.24, 2.45) is 17.6 Å². The van der Waals surface area contributed by atoms with E-state index in [2.05, 4.69) is 38.2 Å². The SMILES string of the molecule is CCCCC/C=C\C/C=C\CCCCCCCCCC(=O)OC[C@H](COP(=O)(O)OCCN)OC(=O)CCC/C=C\C[C@H]1C(=O)C[C@@H](O)[C@@H]1/C=C/[C@@H](O)CCCCC. The van der Waals surface area contributed by atoms with Crippen LogP contribution in [-0.4, -0.2) is 77.5 Å². The molecule has 0 radical (unpaired) electrons. The molecular weight excluding hydrogens is 761 g/mol. The van der Waals surface area contributed by atoms with E-state index in [0.717, 1.165) is 51.4 Å². The summed E-state index contributed by atoms with van der Waals surface area (Å²) in [5.41, 5.74) is 5.34. The van der Waals surface area contributed by atoms with Crippen molar-refractivity contribution in [2.75, 3.05) is 26.4 Å². The third-order valence-electron chi connectivity index (χ3n) is 10.1. The smallest absolute Gasteiger partial charge is 0.462 e. The van der Waals surface area contributed by atoms with Gasteiger partial charge in [-0.1, -0.05) is 127 Å². The average molecular weight is 840 g/mol. The first-order chi connectivity index (χ1) is 28.0. The number of aliphatic hydroxyl groups is 2. The number of aliphatic hydroxyl groups excluding tert-OH is 2. The number of hydrogen-bond donors (Lipinski definition) is 4. The van der Waals surface area contributed by atoms with Crippen LogP contribution in [-0.2, 0) is 37.5 Å². The van der Waals surface area contributed by atoms with Crippen LogP contribution < -0.4 is 5.73 Å². The number of hydrogen-bond acceptors (Lipinski definition) is 11. The predicted octanol–water partition coefficient (Wildman–Crippen LogP) is 9.31. The normalized spacial score (nSPS) is 19.5. The molecule has 0 aromatic rings. The van der Waals surface area contributed by atoms with Crippen molar-refractivity contribution in [2.45, 2.75) is 180 Å². The number of unbranched alkanes of at least 4 members (excludes halogenated alkanes) is 13. The van der Waals surface area contributed by atoms with Crippen LogP contribution in [0, 0.1) is 11.8 Å². The van der Waals surface area contributed by atoms with E-state index >= 15 is 0 Å². The number of allylic oxidation sites excluding steroid dienone is 6. The quantitative estimate of drug-likeness (QED) is 0.0201. The maximum Gasteiger partial charge on any atom is 0.472 e. The second-order valence-corrected chi connectivity index (χ2v) is 16.8. The Morgan fingerprint density at radius 1 is 0.793 bits per heavy atom. The number of Topliss-reactive ketones (excluding diaryl/α,β-unsaturated/α-hetero) is 1. The molecule has 1 saturated carbocycles. The minimum atomic E-state index is -4.46. The van der Waals surface area contributed by atoms with Gasteiger partial charge >= 0.3 is 19.8 Å². The first-order valence-electron chi connectivity index (χ1n) is 22.2. The molecule has 5 N–H and O–H groups in total. The Hall–Kier alpha value is -2.44. The molecule has 334 valence electrons. The predicted molar refractivity (Wildman–Crippen MR) is 230 cm³/mol. The van der Waals surface area contributed by atoms with Crippen LogP contribution in [0.25, 0.3) is 0 Å². The van der Waals surface area contributed by atoms with E-state index in [9.17, 15) is 34.1 Å². The van der Waals surface area contributed by atoms with Gasteiger partial charge in [-0.25, -0.2) is 4.57 Å². The van der Waals surface area contributed by atoms with Crippen molar-refractivity contribution in [3.8, 4) is 0 Å². The van der Waals surface area contributed by atoms with Gasteiger partial charge < -0.3 is 30.3 Å². The van der Waals surface area contributed by atoms with Crippen LogP contribution in [0.4, 0.5) is 0 Å². The van der Waals surface area contributed by atoms with E-state index in [1.165, 1.54) is 44.9 Å². The number of phosphoric acid groups is 1. The standard InChI is InChI=1S/C45H78NO11P/c1-3-5-7-8-9-10-11-12-13-14-15-16-17-18-19-20-25-29-44(50)54-36-39(37-56-58(52,53)55-34-33-46)57-45(51)30-26-22-21-24-28-40-41(43(49)35-42(40)48)32-31-38(47)27-23-6-4-2/h9-10,12-13,21,24,31-32,38-41,43,47,49H,3-8,11,14-20,22-23,25-30,33-37,46H2,1-2H3,(H,52,53)/b10-9-,13-12-,24-21-,32-31+/t38-,39+,40+,41+,43+/m0/s1. The van der Waals surface area contributed by atoms with Gasteiger partial charge in [-0.15, -0.1) is 0 Å². The van der Waals surface area contributed by atoms with Crippen LogP contribution in [0.2, 0.25) is 0 Å². The minimum absolute atomic E-state index is 0.00737. The molecule has 0 bridgehead atoms. The summed E-state index contributed by atoms with van der Waals surface area (Å²) in [7, 11) is -4.46. The zero-order chi connectivity index (χ0) is 42.7. The summed E-state index contributed by atoms with van der Waals surface area (Å²) in [6, 6.07) is 0. The third kappa shape index (κ3) is 28.9. The lowest BCUT2D eigenvalue weighted by molar-refractivity contribution is -0.161. The maximum absolute atomic E-state index is 12.7. The van der Waals surface area contributed by atoms with Crippen molar-refractivity contribution in [3.05, 3.63) is 48.6 Å². The summed E-state index contributed by atoms with van der Waals surface area (Å²) >= 11 is 0. The molecular formula is C45H78NO11P.